The van der Waals surface area contributed by atoms with Crippen molar-refractivity contribution in [3.8, 4) is 0 Å². The summed E-state index contributed by atoms with van der Waals surface area (Å²) in [5, 5.41) is 6.01. The number of hydrogen-bond acceptors (Lipinski definition) is 5. The Hall–Kier alpha value is -1.72. The summed E-state index contributed by atoms with van der Waals surface area (Å²) in [5.74, 6) is 0.0500. The Morgan fingerprint density at radius 2 is 2.38 bits per heavy atom. The van der Waals surface area contributed by atoms with Crippen molar-refractivity contribution in [1.29, 1.82) is 0 Å². The lowest BCUT2D eigenvalue weighted by atomic mass is 10.1. The number of hydrogen-bond donors (Lipinski definition) is 1. The van der Waals surface area contributed by atoms with E-state index in [9.17, 15) is 9.59 Å². The van der Waals surface area contributed by atoms with Crippen molar-refractivity contribution in [2.45, 2.75) is 39.2 Å². The maximum absolute atomic E-state index is 11.8. The second kappa shape index (κ2) is 5.99. The molecule has 0 saturated carbocycles. The van der Waals surface area contributed by atoms with E-state index in [0.717, 1.165) is 12.8 Å². The van der Waals surface area contributed by atoms with Gasteiger partial charge < -0.3 is 9.84 Å². The molecular formula is C10H15N3O3. The zero-order chi connectivity index (χ0) is 12.0. The smallest absolute Gasteiger partial charge is 0.240 e. The van der Waals surface area contributed by atoms with Gasteiger partial charge >= 0.3 is 0 Å². The van der Waals surface area contributed by atoms with Gasteiger partial charge in [-0.2, -0.15) is 4.98 Å². The Bertz CT molecular complexity index is 362. The lowest BCUT2D eigenvalue weighted by molar-refractivity contribution is -0.110. The molecule has 0 aliphatic heterocycles. The first kappa shape index (κ1) is 12.4. The molecule has 0 spiro atoms. The molecule has 1 rings (SSSR count). The number of nitrogens with one attached hydrogen (secondary N) is 1. The van der Waals surface area contributed by atoms with Crippen LogP contribution in [-0.2, 0) is 4.79 Å². The fraction of sp³-hybridized carbons (Fsp3) is 0.600. The lowest BCUT2D eigenvalue weighted by Crippen LogP contribution is -2.36. The van der Waals surface area contributed by atoms with Gasteiger partial charge in [0.05, 0.1) is 6.04 Å². The number of rotatable bonds is 7. The van der Waals surface area contributed by atoms with E-state index < -0.39 is 6.04 Å². The van der Waals surface area contributed by atoms with Crippen molar-refractivity contribution >= 4 is 12.2 Å². The van der Waals surface area contributed by atoms with Gasteiger partial charge in [-0.05, 0) is 6.42 Å². The number of carbonyl (C=O) groups excluding carboxylic acids is 2. The van der Waals surface area contributed by atoms with E-state index >= 15 is 0 Å². The van der Waals surface area contributed by atoms with E-state index in [2.05, 4.69) is 15.5 Å². The van der Waals surface area contributed by atoms with Crippen molar-refractivity contribution in [3.05, 3.63) is 11.7 Å². The summed E-state index contributed by atoms with van der Waals surface area (Å²) in [6.07, 6.45) is 2.91. The Morgan fingerprint density at radius 1 is 1.62 bits per heavy atom. The summed E-state index contributed by atoms with van der Waals surface area (Å²) >= 11 is 0. The summed E-state index contributed by atoms with van der Waals surface area (Å²) < 4.78 is 4.72. The van der Waals surface area contributed by atoms with Crippen molar-refractivity contribution in [1.82, 2.24) is 15.5 Å². The molecule has 6 nitrogen and oxygen atoms in total. The van der Waals surface area contributed by atoms with Gasteiger partial charge in [0.15, 0.2) is 0 Å². The minimum Gasteiger partial charge on any atom is -0.348 e. The van der Waals surface area contributed by atoms with Crippen LogP contribution in [0.2, 0.25) is 0 Å². The first-order valence-corrected chi connectivity index (χ1v) is 5.23. The molecular weight excluding hydrogens is 210 g/mol. The molecule has 1 heterocycles. The van der Waals surface area contributed by atoms with E-state index in [4.69, 9.17) is 4.52 Å². The number of unbranched alkanes of at least 4 members (excludes halogenated alkanes) is 1. The second-order valence-electron chi connectivity index (χ2n) is 3.48. The lowest BCUT2D eigenvalue weighted by Gasteiger charge is -2.11. The van der Waals surface area contributed by atoms with Crippen molar-refractivity contribution in [3.63, 3.8) is 0 Å². The third kappa shape index (κ3) is 3.15. The maximum atomic E-state index is 11.8. The van der Waals surface area contributed by atoms with E-state index in [1.54, 1.807) is 6.92 Å². The molecule has 0 saturated heterocycles. The molecule has 0 aliphatic carbocycles. The molecule has 1 aromatic rings. The van der Waals surface area contributed by atoms with Crippen LogP contribution in [0.15, 0.2) is 4.52 Å². The highest BCUT2D eigenvalue weighted by molar-refractivity contribution is 5.97. The van der Waals surface area contributed by atoms with Crippen LogP contribution in [-0.4, -0.2) is 28.4 Å². The summed E-state index contributed by atoms with van der Waals surface area (Å²) in [6, 6.07) is -0.561. The fourth-order valence-corrected chi connectivity index (χ4v) is 1.34. The maximum Gasteiger partial charge on any atom is 0.240 e. The fourth-order valence-electron chi connectivity index (χ4n) is 1.34. The average molecular weight is 225 g/mol. The number of amides is 1. The Morgan fingerprint density at radius 3 is 2.88 bits per heavy atom. The first-order valence-electron chi connectivity index (χ1n) is 5.23. The number of Topliss-reactive ketones (excluding diaryl/α,β-unsaturated/α-hetero) is 1. The van der Waals surface area contributed by atoms with Crippen LogP contribution in [0.3, 0.4) is 0 Å². The molecule has 0 bridgehead atoms. The van der Waals surface area contributed by atoms with Gasteiger partial charge in [0.2, 0.25) is 23.9 Å². The van der Waals surface area contributed by atoms with E-state index in [-0.39, 0.29) is 11.6 Å². The molecule has 88 valence electrons. The topological polar surface area (TPSA) is 85.1 Å². The van der Waals surface area contributed by atoms with Crippen LogP contribution >= 0.6 is 0 Å². The van der Waals surface area contributed by atoms with Crippen LogP contribution in [0, 0.1) is 6.92 Å². The van der Waals surface area contributed by atoms with Crippen LogP contribution in [0.25, 0.3) is 0 Å². The normalized spacial score (nSPS) is 12.1. The van der Waals surface area contributed by atoms with E-state index in [1.165, 1.54) is 0 Å². The summed E-state index contributed by atoms with van der Waals surface area (Å²) in [7, 11) is 0. The molecule has 0 fully saturated rings. The van der Waals surface area contributed by atoms with Gasteiger partial charge in [-0.1, -0.05) is 24.9 Å². The Balaban J connectivity index is 2.69. The van der Waals surface area contributed by atoms with E-state index in [1.807, 2.05) is 6.92 Å². The highest BCUT2D eigenvalue weighted by Gasteiger charge is 2.23. The van der Waals surface area contributed by atoms with Crippen LogP contribution in [0.1, 0.15) is 42.7 Å². The standard InChI is InChI=1S/C10H15N3O3/c1-3-4-5-8(11-6-14)9(15)10-12-7(2)16-13-10/h6,8H,3-5H2,1-2H3,(H,11,14). The van der Waals surface area contributed by atoms with Crippen LogP contribution in [0.4, 0.5) is 0 Å². The van der Waals surface area contributed by atoms with Gasteiger partial charge in [-0.15, -0.1) is 0 Å². The van der Waals surface area contributed by atoms with Gasteiger partial charge in [0.25, 0.3) is 0 Å². The zero-order valence-electron chi connectivity index (χ0n) is 9.40. The van der Waals surface area contributed by atoms with Crippen molar-refractivity contribution in [2.75, 3.05) is 0 Å². The number of aromatic nitrogens is 2. The molecule has 0 aliphatic rings. The first-order chi connectivity index (χ1) is 7.69. The van der Waals surface area contributed by atoms with Gasteiger partial charge in [-0.25, -0.2) is 0 Å². The van der Waals surface area contributed by atoms with Crippen LogP contribution in [0.5, 0.6) is 0 Å². The molecule has 16 heavy (non-hydrogen) atoms. The minimum absolute atomic E-state index is 0.0213. The predicted molar refractivity (Wildman–Crippen MR) is 55.9 cm³/mol. The third-order valence-corrected chi connectivity index (χ3v) is 2.18. The Labute approximate surface area is 93.4 Å². The molecule has 0 aromatic carbocycles. The molecule has 1 unspecified atom stereocenters. The van der Waals surface area contributed by atoms with Crippen molar-refractivity contribution < 1.29 is 14.1 Å². The third-order valence-electron chi connectivity index (χ3n) is 2.18. The van der Waals surface area contributed by atoms with Crippen molar-refractivity contribution in [2.24, 2.45) is 0 Å². The molecule has 1 N–H and O–H groups in total. The second-order valence-corrected chi connectivity index (χ2v) is 3.48. The molecule has 0 radical (unpaired) electrons. The number of aryl methyl sites for hydroxylation is 1. The number of nitrogens with zero attached hydrogens (tertiary/aromatic N) is 2. The summed E-state index contributed by atoms with van der Waals surface area (Å²) in [6.45, 7) is 3.62. The average Bonchev–Trinajstić information content (AvgIpc) is 2.70. The SMILES string of the molecule is CCCCC(NC=O)C(=O)c1noc(C)n1. The monoisotopic (exact) mass is 225 g/mol. The van der Waals surface area contributed by atoms with Crippen LogP contribution < -0.4 is 5.32 Å². The van der Waals surface area contributed by atoms with Gasteiger partial charge in [0, 0.05) is 6.92 Å². The molecule has 6 heteroatoms. The highest BCUT2D eigenvalue weighted by atomic mass is 16.5. The number of ketones is 1. The summed E-state index contributed by atoms with van der Waals surface area (Å²) in [4.78, 5) is 26.1. The quantitative estimate of drug-likeness (QED) is 0.549. The largest absolute Gasteiger partial charge is 0.348 e. The number of carbonyl (C=O) groups is 2. The molecule has 1 amide bonds. The minimum atomic E-state index is -0.561. The Kier molecular flexibility index (Phi) is 4.63. The molecule has 1 atom stereocenters. The highest BCUT2D eigenvalue weighted by Crippen LogP contribution is 2.06. The predicted octanol–water partition coefficient (Wildman–Crippen LogP) is 0.866. The molecule has 1 aromatic heterocycles. The van der Waals surface area contributed by atoms with E-state index in [0.29, 0.717) is 18.7 Å². The van der Waals surface area contributed by atoms with Gasteiger partial charge in [0.1, 0.15) is 0 Å². The van der Waals surface area contributed by atoms with Gasteiger partial charge in [-0.3, -0.25) is 9.59 Å². The zero-order valence-corrected chi connectivity index (χ0v) is 9.40. The summed E-state index contributed by atoms with van der Waals surface area (Å²) in [5.41, 5.74) is 0.